The number of nitrogens with zero attached hydrogens (tertiary/aromatic N) is 2. The van der Waals surface area contributed by atoms with Gasteiger partial charge in [0.15, 0.2) is 0 Å². The maximum absolute atomic E-state index is 10.2. The summed E-state index contributed by atoms with van der Waals surface area (Å²) in [4.78, 5) is 39.5. The van der Waals surface area contributed by atoms with Gasteiger partial charge >= 0.3 is 45.5 Å². The fraction of sp³-hybridized carbons (Fsp3) is 0. The molecule has 0 saturated carbocycles. The summed E-state index contributed by atoms with van der Waals surface area (Å²) in [6.07, 6.45) is 0. The average Bonchev–Trinajstić information content (AvgIpc) is 2.55. The minimum atomic E-state index is -1.34. The summed E-state index contributed by atoms with van der Waals surface area (Å²) in [7, 11) is 0. The standard InChI is InChI=1S/2C7H5NO4.Sr/c2*9-7(10)5-1-3-6(4-2-5)8(11)12;/h2*1-4H,(H,9,10);/q;;+2/p-2. The first-order valence-electron chi connectivity index (χ1n) is 6.14. The minimum absolute atomic E-state index is 0. The van der Waals surface area contributed by atoms with Crippen LogP contribution in [0.4, 0.5) is 11.4 Å². The number of nitro benzene ring substituents is 2. The molecular formula is C14H8N2O8Sr. The first-order valence-corrected chi connectivity index (χ1v) is 6.14. The van der Waals surface area contributed by atoms with Crippen LogP contribution in [0.1, 0.15) is 20.7 Å². The Morgan fingerprint density at radius 1 is 0.640 bits per heavy atom. The van der Waals surface area contributed by atoms with Gasteiger partial charge in [-0.1, -0.05) is 0 Å². The van der Waals surface area contributed by atoms with Crippen LogP contribution in [0.25, 0.3) is 0 Å². The van der Waals surface area contributed by atoms with Crippen molar-refractivity contribution in [1.82, 2.24) is 0 Å². The van der Waals surface area contributed by atoms with Crippen molar-refractivity contribution < 1.29 is 29.6 Å². The second-order valence-corrected chi connectivity index (χ2v) is 4.18. The fourth-order valence-electron chi connectivity index (χ4n) is 1.44. The summed E-state index contributed by atoms with van der Waals surface area (Å²) in [5.74, 6) is -2.69. The van der Waals surface area contributed by atoms with Gasteiger partial charge in [-0.05, 0) is 35.4 Å². The largest absolute Gasteiger partial charge is 2.00 e. The van der Waals surface area contributed by atoms with Crippen LogP contribution >= 0.6 is 0 Å². The Kier molecular flexibility index (Phi) is 9.53. The number of hydrogen-bond donors (Lipinski definition) is 0. The number of hydrogen-bond acceptors (Lipinski definition) is 8. The number of carboxylic acid groups (broad SMARTS) is 2. The summed E-state index contributed by atoms with van der Waals surface area (Å²) < 4.78 is 0. The molecule has 0 aliphatic rings. The number of carbonyl (C=O) groups excluding carboxylic acids is 2. The maximum atomic E-state index is 10.2. The van der Waals surface area contributed by atoms with E-state index in [0.717, 1.165) is 48.5 Å². The van der Waals surface area contributed by atoms with E-state index in [-0.39, 0.29) is 68.0 Å². The first-order chi connectivity index (χ1) is 11.2. The van der Waals surface area contributed by atoms with Crippen LogP contribution in [-0.2, 0) is 0 Å². The molecule has 11 heteroatoms. The van der Waals surface area contributed by atoms with E-state index in [1.165, 1.54) is 0 Å². The molecule has 124 valence electrons. The molecule has 0 aliphatic carbocycles. The maximum Gasteiger partial charge on any atom is 2.00 e. The van der Waals surface area contributed by atoms with Gasteiger partial charge in [0.1, 0.15) is 0 Å². The van der Waals surface area contributed by atoms with Crippen LogP contribution in [0.15, 0.2) is 48.5 Å². The summed E-state index contributed by atoms with van der Waals surface area (Å²) in [6.45, 7) is 0. The minimum Gasteiger partial charge on any atom is -0.545 e. The molecule has 0 aromatic heterocycles. The van der Waals surface area contributed by atoms with Gasteiger partial charge in [0, 0.05) is 24.3 Å². The van der Waals surface area contributed by atoms with Crippen molar-refractivity contribution in [1.29, 1.82) is 0 Å². The third kappa shape index (κ3) is 7.39. The van der Waals surface area contributed by atoms with Gasteiger partial charge in [0.2, 0.25) is 0 Å². The van der Waals surface area contributed by atoms with Gasteiger partial charge in [-0.2, -0.15) is 0 Å². The Balaban J connectivity index is 0.000000443. The van der Waals surface area contributed by atoms with Crippen LogP contribution in [0, 0.1) is 20.2 Å². The van der Waals surface area contributed by atoms with E-state index in [2.05, 4.69) is 0 Å². The number of nitro groups is 2. The fourth-order valence-corrected chi connectivity index (χ4v) is 1.44. The van der Waals surface area contributed by atoms with Crippen molar-refractivity contribution in [3.8, 4) is 0 Å². The molecule has 0 radical (unpaired) electrons. The second-order valence-electron chi connectivity index (χ2n) is 4.18. The van der Waals surface area contributed by atoms with Gasteiger partial charge in [0.05, 0.1) is 21.8 Å². The van der Waals surface area contributed by atoms with E-state index in [1.54, 1.807) is 0 Å². The predicted octanol–water partition coefficient (Wildman–Crippen LogP) is -0.464. The summed E-state index contributed by atoms with van der Waals surface area (Å²) >= 11 is 0. The Hall–Kier alpha value is -2.34. The average molecular weight is 420 g/mol. The van der Waals surface area contributed by atoms with E-state index in [9.17, 15) is 40.0 Å². The Bertz CT molecular complexity index is 641. The van der Waals surface area contributed by atoms with Crippen LogP contribution in [0.5, 0.6) is 0 Å². The zero-order chi connectivity index (χ0) is 18.3. The van der Waals surface area contributed by atoms with E-state index >= 15 is 0 Å². The van der Waals surface area contributed by atoms with Crippen molar-refractivity contribution in [3.63, 3.8) is 0 Å². The number of aromatic carboxylic acids is 2. The molecule has 0 unspecified atom stereocenters. The molecule has 0 heterocycles. The van der Waals surface area contributed by atoms with E-state index in [4.69, 9.17) is 0 Å². The van der Waals surface area contributed by atoms with Crippen molar-refractivity contribution in [2.45, 2.75) is 0 Å². The van der Waals surface area contributed by atoms with E-state index in [1.807, 2.05) is 0 Å². The zero-order valence-corrected chi connectivity index (χ0v) is 16.0. The molecule has 2 aromatic rings. The molecule has 0 aliphatic heterocycles. The number of carbonyl (C=O) groups is 2. The molecule has 0 spiro atoms. The topological polar surface area (TPSA) is 167 Å². The molecule has 2 aromatic carbocycles. The Morgan fingerprint density at radius 3 is 1.04 bits per heavy atom. The molecule has 25 heavy (non-hydrogen) atoms. The number of non-ortho nitro benzene ring substituents is 2. The van der Waals surface area contributed by atoms with Crippen LogP contribution in [0.3, 0.4) is 0 Å². The Labute approximate surface area is 177 Å². The molecule has 0 amide bonds. The van der Waals surface area contributed by atoms with E-state index in [0.29, 0.717) is 0 Å². The van der Waals surface area contributed by atoms with Gasteiger partial charge in [-0.25, -0.2) is 0 Å². The molecule has 0 bridgehead atoms. The molecule has 2 rings (SSSR count). The first kappa shape index (κ1) is 22.7. The smallest absolute Gasteiger partial charge is 0.545 e. The number of rotatable bonds is 4. The monoisotopic (exact) mass is 420 g/mol. The summed E-state index contributed by atoms with van der Waals surface area (Å²) in [5, 5.41) is 40.7. The summed E-state index contributed by atoms with van der Waals surface area (Å²) in [6, 6.07) is 8.99. The third-order valence-corrected chi connectivity index (χ3v) is 2.63. The van der Waals surface area contributed by atoms with Crippen LogP contribution in [0.2, 0.25) is 0 Å². The van der Waals surface area contributed by atoms with Crippen molar-refractivity contribution in [2.75, 3.05) is 0 Å². The van der Waals surface area contributed by atoms with Gasteiger partial charge < -0.3 is 19.8 Å². The third-order valence-electron chi connectivity index (χ3n) is 2.63. The normalized spacial score (nSPS) is 8.96. The molecule has 0 N–H and O–H groups in total. The van der Waals surface area contributed by atoms with Crippen molar-refractivity contribution in [3.05, 3.63) is 79.9 Å². The number of carboxylic acids is 2. The summed E-state index contributed by atoms with van der Waals surface area (Å²) in [5.41, 5.74) is -0.416. The zero-order valence-electron chi connectivity index (χ0n) is 12.5. The predicted molar refractivity (Wildman–Crippen MR) is 80.6 cm³/mol. The molecule has 0 fully saturated rings. The van der Waals surface area contributed by atoms with E-state index < -0.39 is 21.8 Å². The van der Waals surface area contributed by atoms with Gasteiger partial charge in [-0.3, -0.25) is 20.2 Å². The quantitative estimate of drug-likeness (QED) is 0.364. The molecule has 10 nitrogen and oxygen atoms in total. The SMILES string of the molecule is O=C([O-])c1ccc([N+](=O)[O-])cc1.O=C([O-])c1ccc([N+](=O)[O-])cc1.[Sr+2]. The number of benzene rings is 2. The van der Waals surface area contributed by atoms with Crippen LogP contribution in [-0.4, -0.2) is 67.3 Å². The molecule has 0 saturated heterocycles. The molecular weight excluding hydrogens is 412 g/mol. The molecule has 0 atom stereocenters. The van der Waals surface area contributed by atoms with Crippen molar-refractivity contribution >= 4 is 68.8 Å². The second kappa shape index (κ2) is 10.5. The Morgan fingerprint density at radius 2 is 0.880 bits per heavy atom. The van der Waals surface area contributed by atoms with Gasteiger partial charge in [-0.15, -0.1) is 0 Å². The van der Waals surface area contributed by atoms with Crippen molar-refractivity contribution in [2.24, 2.45) is 0 Å². The van der Waals surface area contributed by atoms with Crippen LogP contribution < -0.4 is 10.2 Å². The van der Waals surface area contributed by atoms with Gasteiger partial charge in [0.25, 0.3) is 11.4 Å².